The molecular weight excluding hydrogens is 286 g/mol. The third-order valence-electron chi connectivity index (χ3n) is 3.46. The first-order valence-electron chi connectivity index (χ1n) is 7.86. The van der Waals surface area contributed by atoms with Gasteiger partial charge in [0.05, 0.1) is 0 Å². The van der Waals surface area contributed by atoms with E-state index in [0.29, 0.717) is 6.04 Å². The summed E-state index contributed by atoms with van der Waals surface area (Å²) in [5.41, 5.74) is 6.17. The number of unbranched alkanes of at least 4 members (excludes halogenated alkanes) is 6. The first-order chi connectivity index (χ1) is 9.72. The molecule has 1 atom stereocenters. The molecule has 1 aromatic rings. The number of nitrogens with two attached hydrogens (primary N) is 1. The van der Waals surface area contributed by atoms with Gasteiger partial charge in [0.15, 0.2) is 0 Å². The molecule has 3 heteroatoms. The van der Waals surface area contributed by atoms with Crippen molar-refractivity contribution in [3.8, 4) is 0 Å². The molecule has 0 bridgehead atoms. The van der Waals surface area contributed by atoms with Gasteiger partial charge in [-0.2, -0.15) is 0 Å². The van der Waals surface area contributed by atoms with Crippen LogP contribution < -0.4 is 5.73 Å². The summed E-state index contributed by atoms with van der Waals surface area (Å²) in [4.78, 5) is 1.25. The summed E-state index contributed by atoms with van der Waals surface area (Å²) in [5.74, 6) is 0.997. The molecule has 1 nitrogen and oxygen atoms in total. The molecule has 114 valence electrons. The van der Waals surface area contributed by atoms with Crippen LogP contribution >= 0.6 is 23.4 Å². The fourth-order valence-electron chi connectivity index (χ4n) is 2.18. The fourth-order valence-corrected chi connectivity index (χ4v) is 3.21. The summed E-state index contributed by atoms with van der Waals surface area (Å²) < 4.78 is 0. The molecule has 0 radical (unpaired) electrons. The van der Waals surface area contributed by atoms with E-state index in [4.69, 9.17) is 17.3 Å². The Morgan fingerprint density at radius 2 is 1.60 bits per heavy atom. The van der Waals surface area contributed by atoms with Crippen LogP contribution in [0.4, 0.5) is 0 Å². The summed E-state index contributed by atoms with van der Waals surface area (Å²) in [6.07, 6.45) is 10.6. The predicted molar refractivity (Wildman–Crippen MR) is 92.8 cm³/mol. The van der Waals surface area contributed by atoms with E-state index < -0.39 is 0 Å². The molecule has 2 N–H and O–H groups in total. The molecule has 0 amide bonds. The average molecular weight is 314 g/mol. The highest BCUT2D eigenvalue weighted by Crippen LogP contribution is 2.21. The van der Waals surface area contributed by atoms with Gasteiger partial charge in [-0.15, -0.1) is 11.8 Å². The number of hydrogen-bond donors (Lipinski definition) is 1. The molecule has 0 spiro atoms. The van der Waals surface area contributed by atoms with E-state index in [0.717, 1.165) is 17.2 Å². The van der Waals surface area contributed by atoms with Crippen LogP contribution in [0.1, 0.15) is 58.3 Å². The van der Waals surface area contributed by atoms with Gasteiger partial charge >= 0.3 is 0 Å². The van der Waals surface area contributed by atoms with Crippen LogP contribution in [0.2, 0.25) is 5.02 Å². The van der Waals surface area contributed by atoms with Gasteiger partial charge in [-0.05, 0) is 30.7 Å². The second-order valence-corrected chi connectivity index (χ2v) is 6.96. The Kier molecular flexibility index (Phi) is 10.3. The van der Waals surface area contributed by atoms with E-state index in [1.54, 1.807) is 0 Å². The lowest BCUT2D eigenvalue weighted by Gasteiger charge is -2.11. The van der Waals surface area contributed by atoms with Gasteiger partial charge in [0, 0.05) is 21.7 Å². The van der Waals surface area contributed by atoms with E-state index in [-0.39, 0.29) is 0 Å². The SMILES string of the molecule is CCCCCCCCCC(N)CSc1ccc(Cl)cc1. The number of rotatable bonds is 11. The van der Waals surface area contributed by atoms with E-state index in [2.05, 4.69) is 19.1 Å². The van der Waals surface area contributed by atoms with Crippen molar-refractivity contribution >= 4 is 23.4 Å². The summed E-state index contributed by atoms with van der Waals surface area (Å²) >= 11 is 7.70. The first kappa shape index (κ1) is 17.9. The Morgan fingerprint density at radius 3 is 2.25 bits per heavy atom. The lowest BCUT2D eigenvalue weighted by atomic mass is 10.1. The highest BCUT2D eigenvalue weighted by atomic mass is 35.5. The molecule has 0 fully saturated rings. The minimum atomic E-state index is 0.311. The molecule has 0 saturated heterocycles. The molecule has 0 aliphatic rings. The maximum Gasteiger partial charge on any atom is 0.0406 e. The minimum Gasteiger partial charge on any atom is -0.327 e. The zero-order valence-corrected chi connectivity index (χ0v) is 14.2. The van der Waals surface area contributed by atoms with Crippen LogP contribution in [-0.2, 0) is 0 Å². The van der Waals surface area contributed by atoms with Crippen molar-refractivity contribution in [3.63, 3.8) is 0 Å². The van der Waals surface area contributed by atoms with Crippen molar-refractivity contribution in [2.24, 2.45) is 5.73 Å². The standard InChI is InChI=1S/C17H28ClNS/c1-2-3-4-5-6-7-8-9-16(19)14-20-17-12-10-15(18)11-13-17/h10-13,16H,2-9,14,19H2,1H3. The topological polar surface area (TPSA) is 26.0 Å². The van der Waals surface area contributed by atoms with Gasteiger partial charge in [-0.3, -0.25) is 0 Å². The van der Waals surface area contributed by atoms with Crippen LogP contribution in [0.3, 0.4) is 0 Å². The summed E-state index contributed by atoms with van der Waals surface area (Å²) in [6, 6.07) is 8.31. The zero-order chi connectivity index (χ0) is 14.6. The first-order valence-corrected chi connectivity index (χ1v) is 9.22. The molecule has 0 heterocycles. The molecule has 0 aromatic heterocycles. The predicted octanol–water partition coefficient (Wildman–Crippen LogP) is 5.90. The smallest absolute Gasteiger partial charge is 0.0406 e. The molecule has 0 aliphatic carbocycles. The second-order valence-electron chi connectivity index (χ2n) is 5.43. The van der Waals surface area contributed by atoms with Gasteiger partial charge in [-0.25, -0.2) is 0 Å². The lowest BCUT2D eigenvalue weighted by Crippen LogP contribution is -2.22. The van der Waals surface area contributed by atoms with Crippen molar-refractivity contribution < 1.29 is 0 Å². The van der Waals surface area contributed by atoms with Crippen molar-refractivity contribution in [1.29, 1.82) is 0 Å². The van der Waals surface area contributed by atoms with Gasteiger partial charge < -0.3 is 5.73 Å². The Balaban J connectivity index is 2.00. The zero-order valence-electron chi connectivity index (χ0n) is 12.6. The van der Waals surface area contributed by atoms with E-state index in [1.807, 2.05) is 23.9 Å². The monoisotopic (exact) mass is 313 g/mol. The number of benzene rings is 1. The maximum atomic E-state index is 6.17. The van der Waals surface area contributed by atoms with Crippen LogP contribution in [0, 0.1) is 0 Å². The Hall–Kier alpha value is -0.180. The van der Waals surface area contributed by atoms with Gasteiger partial charge in [0.1, 0.15) is 0 Å². The molecule has 0 aliphatic heterocycles. The van der Waals surface area contributed by atoms with Gasteiger partial charge in [-0.1, -0.05) is 63.5 Å². The molecule has 1 unspecified atom stereocenters. The molecular formula is C17H28ClNS. The molecule has 1 rings (SSSR count). The summed E-state index contributed by atoms with van der Waals surface area (Å²) in [5, 5.41) is 0.793. The third kappa shape index (κ3) is 8.89. The molecule has 20 heavy (non-hydrogen) atoms. The van der Waals surface area contributed by atoms with Crippen LogP contribution in [0.5, 0.6) is 0 Å². The van der Waals surface area contributed by atoms with Crippen molar-refractivity contribution in [3.05, 3.63) is 29.3 Å². The summed E-state index contributed by atoms with van der Waals surface area (Å²) in [7, 11) is 0. The molecule has 0 saturated carbocycles. The highest BCUT2D eigenvalue weighted by molar-refractivity contribution is 7.99. The third-order valence-corrected chi connectivity index (χ3v) is 4.91. The second kappa shape index (κ2) is 11.5. The van der Waals surface area contributed by atoms with Crippen molar-refractivity contribution in [2.75, 3.05) is 5.75 Å². The van der Waals surface area contributed by atoms with Crippen LogP contribution in [-0.4, -0.2) is 11.8 Å². The fraction of sp³-hybridized carbons (Fsp3) is 0.647. The minimum absolute atomic E-state index is 0.311. The van der Waals surface area contributed by atoms with Crippen molar-refractivity contribution in [1.82, 2.24) is 0 Å². The van der Waals surface area contributed by atoms with Crippen LogP contribution in [0.15, 0.2) is 29.2 Å². The quantitative estimate of drug-likeness (QED) is 0.406. The average Bonchev–Trinajstić information content (AvgIpc) is 2.46. The largest absolute Gasteiger partial charge is 0.327 e. The van der Waals surface area contributed by atoms with Gasteiger partial charge in [0.2, 0.25) is 0 Å². The Morgan fingerprint density at radius 1 is 1.00 bits per heavy atom. The van der Waals surface area contributed by atoms with E-state index in [1.165, 1.54) is 49.8 Å². The molecule has 1 aromatic carbocycles. The normalized spacial score (nSPS) is 12.6. The van der Waals surface area contributed by atoms with E-state index in [9.17, 15) is 0 Å². The van der Waals surface area contributed by atoms with Crippen LogP contribution in [0.25, 0.3) is 0 Å². The highest BCUT2D eigenvalue weighted by Gasteiger charge is 2.03. The maximum absolute atomic E-state index is 6.17. The van der Waals surface area contributed by atoms with Crippen molar-refractivity contribution in [2.45, 2.75) is 69.2 Å². The van der Waals surface area contributed by atoms with Gasteiger partial charge in [0.25, 0.3) is 0 Å². The Labute approximate surface area is 133 Å². The lowest BCUT2D eigenvalue weighted by molar-refractivity contribution is 0.549. The summed E-state index contributed by atoms with van der Waals surface area (Å²) in [6.45, 7) is 2.26. The van der Waals surface area contributed by atoms with E-state index >= 15 is 0 Å². The number of thioether (sulfide) groups is 1. The Bertz CT molecular complexity index is 339. The number of hydrogen-bond acceptors (Lipinski definition) is 2. The number of halogens is 1.